The molecule has 1 aromatic carbocycles. The second kappa shape index (κ2) is 6.16. The van der Waals surface area contributed by atoms with Crippen LogP contribution in [0.15, 0.2) is 24.3 Å². The number of urea groups is 1. The quantitative estimate of drug-likeness (QED) is 0.818. The highest BCUT2D eigenvalue weighted by Crippen LogP contribution is 2.24. The lowest BCUT2D eigenvalue weighted by molar-refractivity contribution is -0.130. The third kappa shape index (κ3) is 3.17. The summed E-state index contributed by atoms with van der Waals surface area (Å²) in [5.74, 6) is 0.632. The molecule has 0 spiro atoms. The van der Waals surface area contributed by atoms with Crippen LogP contribution < -0.4 is 10.1 Å². The second-order valence-corrected chi connectivity index (χ2v) is 5.60. The van der Waals surface area contributed by atoms with E-state index in [1.54, 1.807) is 14.0 Å². The summed E-state index contributed by atoms with van der Waals surface area (Å²) in [6, 6.07) is 7.25. The molecule has 1 N–H and O–H groups in total. The van der Waals surface area contributed by atoms with Gasteiger partial charge < -0.3 is 10.1 Å². The first-order valence-electron chi connectivity index (χ1n) is 7.27. The van der Waals surface area contributed by atoms with Gasteiger partial charge in [0, 0.05) is 13.0 Å². The molecule has 1 aromatic rings. The molecule has 1 aliphatic heterocycles. The molecule has 3 amide bonds. The molecule has 0 saturated carbocycles. The normalized spacial score (nSPS) is 21.6. The van der Waals surface area contributed by atoms with Crippen LogP contribution in [0.2, 0.25) is 0 Å². The Morgan fingerprint density at radius 2 is 1.90 bits per heavy atom. The number of nitrogens with one attached hydrogen (secondary N) is 1. The molecule has 1 saturated heterocycles. The van der Waals surface area contributed by atoms with E-state index in [-0.39, 0.29) is 11.9 Å². The average Bonchev–Trinajstić information content (AvgIpc) is 2.68. The predicted octanol–water partition coefficient (Wildman–Crippen LogP) is 2.35. The summed E-state index contributed by atoms with van der Waals surface area (Å²) >= 11 is 0. The lowest BCUT2D eigenvalue weighted by atomic mass is 9.93. The van der Waals surface area contributed by atoms with Gasteiger partial charge >= 0.3 is 6.03 Å². The number of ether oxygens (including phenoxy) is 1. The fraction of sp³-hybridized carbons (Fsp3) is 0.500. The molecule has 0 bridgehead atoms. The maximum absolute atomic E-state index is 12.5. The molecule has 1 aliphatic rings. The van der Waals surface area contributed by atoms with Crippen molar-refractivity contribution in [3.63, 3.8) is 0 Å². The van der Waals surface area contributed by atoms with E-state index in [1.165, 1.54) is 4.90 Å². The molecular formula is C16H22N2O3. The van der Waals surface area contributed by atoms with E-state index in [0.717, 1.165) is 24.2 Å². The number of hydrogen-bond donors (Lipinski definition) is 1. The van der Waals surface area contributed by atoms with E-state index in [4.69, 9.17) is 4.74 Å². The van der Waals surface area contributed by atoms with Crippen LogP contribution in [-0.4, -0.2) is 36.0 Å². The second-order valence-electron chi connectivity index (χ2n) is 5.60. The minimum atomic E-state index is -0.862. The van der Waals surface area contributed by atoms with E-state index in [0.29, 0.717) is 13.0 Å². The maximum atomic E-state index is 12.5. The zero-order valence-electron chi connectivity index (χ0n) is 12.8. The van der Waals surface area contributed by atoms with Crippen molar-refractivity contribution in [2.45, 2.75) is 38.6 Å². The zero-order chi connectivity index (χ0) is 15.5. The van der Waals surface area contributed by atoms with Gasteiger partial charge in [-0.05, 0) is 31.0 Å². The SMILES string of the molecule is CCCCN1C(=O)NC(C)(Cc2ccc(OC)cc2)C1=O. The molecule has 1 atom stereocenters. The van der Waals surface area contributed by atoms with E-state index in [1.807, 2.05) is 31.2 Å². The van der Waals surface area contributed by atoms with Crippen molar-refractivity contribution in [1.82, 2.24) is 10.2 Å². The number of nitrogens with zero attached hydrogens (tertiary/aromatic N) is 1. The number of methoxy groups -OCH3 is 1. The zero-order valence-corrected chi connectivity index (χ0v) is 12.8. The Morgan fingerprint density at radius 3 is 2.48 bits per heavy atom. The lowest BCUT2D eigenvalue weighted by Gasteiger charge is -2.22. The van der Waals surface area contributed by atoms with Gasteiger partial charge in [-0.2, -0.15) is 0 Å². The van der Waals surface area contributed by atoms with Crippen LogP contribution in [0.4, 0.5) is 4.79 Å². The van der Waals surface area contributed by atoms with Crippen molar-refractivity contribution < 1.29 is 14.3 Å². The largest absolute Gasteiger partial charge is 0.497 e. The minimum absolute atomic E-state index is 0.142. The van der Waals surface area contributed by atoms with Crippen LogP contribution in [0.3, 0.4) is 0 Å². The number of carbonyl (C=O) groups excluding carboxylic acids is 2. The third-order valence-corrected chi connectivity index (χ3v) is 3.80. The van der Waals surface area contributed by atoms with Gasteiger partial charge in [0.1, 0.15) is 11.3 Å². The molecule has 114 valence electrons. The van der Waals surface area contributed by atoms with Gasteiger partial charge in [-0.15, -0.1) is 0 Å². The number of imide groups is 1. The van der Waals surface area contributed by atoms with Gasteiger partial charge in [0.2, 0.25) is 0 Å². The molecule has 1 fully saturated rings. The molecule has 2 rings (SSSR count). The molecule has 1 unspecified atom stereocenters. The van der Waals surface area contributed by atoms with Crippen molar-refractivity contribution in [3.05, 3.63) is 29.8 Å². The Bertz CT molecular complexity index is 527. The van der Waals surface area contributed by atoms with Crippen molar-refractivity contribution in [3.8, 4) is 5.75 Å². The predicted molar refractivity (Wildman–Crippen MR) is 80.3 cm³/mol. The maximum Gasteiger partial charge on any atom is 0.325 e. The van der Waals surface area contributed by atoms with Gasteiger partial charge in [0.15, 0.2) is 0 Å². The van der Waals surface area contributed by atoms with Crippen LogP contribution in [-0.2, 0) is 11.2 Å². The van der Waals surface area contributed by atoms with Gasteiger partial charge in [0.05, 0.1) is 7.11 Å². The monoisotopic (exact) mass is 290 g/mol. The standard InChI is InChI=1S/C16H22N2O3/c1-4-5-10-18-14(19)16(2,17-15(18)20)11-12-6-8-13(21-3)9-7-12/h6-9H,4-5,10-11H2,1-3H3,(H,17,20). The summed E-state index contributed by atoms with van der Waals surface area (Å²) in [7, 11) is 1.61. The molecule has 0 radical (unpaired) electrons. The Morgan fingerprint density at radius 1 is 1.24 bits per heavy atom. The molecule has 0 aromatic heterocycles. The van der Waals surface area contributed by atoms with Crippen molar-refractivity contribution in [2.24, 2.45) is 0 Å². The molecular weight excluding hydrogens is 268 g/mol. The van der Waals surface area contributed by atoms with Gasteiger partial charge in [-0.1, -0.05) is 25.5 Å². The summed E-state index contributed by atoms with van der Waals surface area (Å²) in [6.45, 7) is 4.30. The van der Waals surface area contributed by atoms with E-state index in [2.05, 4.69) is 5.32 Å². The number of benzene rings is 1. The molecule has 21 heavy (non-hydrogen) atoms. The highest BCUT2D eigenvalue weighted by molar-refractivity contribution is 6.06. The Kier molecular flexibility index (Phi) is 4.50. The number of hydrogen-bond acceptors (Lipinski definition) is 3. The van der Waals surface area contributed by atoms with Crippen molar-refractivity contribution in [1.29, 1.82) is 0 Å². The Hall–Kier alpha value is -2.04. The fourth-order valence-corrected chi connectivity index (χ4v) is 2.54. The molecule has 5 nitrogen and oxygen atoms in total. The first-order valence-corrected chi connectivity index (χ1v) is 7.27. The number of unbranched alkanes of at least 4 members (excludes halogenated alkanes) is 1. The topological polar surface area (TPSA) is 58.6 Å². The van der Waals surface area contributed by atoms with E-state index in [9.17, 15) is 9.59 Å². The van der Waals surface area contributed by atoms with Crippen LogP contribution in [0.25, 0.3) is 0 Å². The molecule has 1 heterocycles. The number of amides is 3. The number of carbonyl (C=O) groups is 2. The summed E-state index contributed by atoms with van der Waals surface area (Å²) in [5, 5.41) is 2.82. The van der Waals surface area contributed by atoms with Gasteiger partial charge in [0.25, 0.3) is 5.91 Å². The summed E-state index contributed by atoms with van der Waals surface area (Å²) in [6.07, 6.45) is 2.26. The van der Waals surface area contributed by atoms with Crippen LogP contribution >= 0.6 is 0 Å². The van der Waals surface area contributed by atoms with Crippen LogP contribution in [0.5, 0.6) is 5.75 Å². The van der Waals surface area contributed by atoms with Crippen LogP contribution in [0.1, 0.15) is 32.3 Å². The van der Waals surface area contributed by atoms with Gasteiger partial charge in [-0.25, -0.2) is 4.79 Å². The minimum Gasteiger partial charge on any atom is -0.497 e. The highest BCUT2D eigenvalue weighted by atomic mass is 16.5. The summed E-state index contributed by atoms with van der Waals surface area (Å²) in [5.41, 5.74) is 0.128. The smallest absolute Gasteiger partial charge is 0.325 e. The van der Waals surface area contributed by atoms with Crippen molar-refractivity contribution in [2.75, 3.05) is 13.7 Å². The fourth-order valence-electron chi connectivity index (χ4n) is 2.54. The van der Waals surface area contributed by atoms with Crippen molar-refractivity contribution >= 4 is 11.9 Å². The average molecular weight is 290 g/mol. The molecule has 5 heteroatoms. The molecule has 0 aliphatic carbocycles. The Balaban J connectivity index is 2.10. The summed E-state index contributed by atoms with van der Waals surface area (Å²) < 4.78 is 5.12. The van der Waals surface area contributed by atoms with Gasteiger partial charge in [-0.3, -0.25) is 9.69 Å². The van der Waals surface area contributed by atoms with E-state index >= 15 is 0 Å². The third-order valence-electron chi connectivity index (χ3n) is 3.80. The van der Waals surface area contributed by atoms with Crippen LogP contribution in [0, 0.1) is 0 Å². The first-order chi connectivity index (χ1) is 10.00. The number of rotatable bonds is 6. The Labute approximate surface area is 125 Å². The first kappa shape index (κ1) is 15.4. The highest BCUT2D eigenvalue weighted by Gasteiger charge is 2.47. The lowest BCUT2D eigenvalue weighted by Crippen LogP contribution is -2.46. The van der Waals surface area contributed by atoms with E-state index < -0.39 is 5.54 Å². The summed E-state index contributed by atoms with van der Waals surface area (Å²) in [4.78, 5) is 25.8.